The van der Waals surface area contributed by atoms with Gasteiger partial charge in [0.15, 0.2) is 0 Å². The van der Waals surface area contributed by atoms with Crippen LogP contribution in [-0.4, -0.2) is 12.5 Å². The van der Waals surface area contributed by atoms with Crippen LogP contribution in [0.2, 0.25) is 0 Å². The molecule has 1 rings (SSSR count). The van der Waals surface area contributed by atoms with E-state index in [9.17, 15) is 4.79 Å². The van der Waals surface area contributed by atoms with Gasteiger partial charge in [-0.3, -0.25) is 4.79 Å². The van der Waals surface area contributed by atoms with Crippen LogP contribution in [0.25, 0.3) is 0 Å². The van der Waals surface area contributed by atoms with Gasteiger partial charge in [-0.2, -0.15) is 0 Å². The third kappa shape index (κ3) is 2.92. The van der Waals surface area contributed by atoms with E-state index in [0.717, 1.165) is 10.4 Å². The third-order valence-corrected chi connectivity index (χ3v) is 2.41. The number of hydrogen-bond donors (Lipinski definition) is 1. The average molecular weight is 193 g/mol. The fraction of sp³-hybridized carbons (Fsp3) is 0.300. The standard InChI is InChI=1S/C10H11NOS/c1-3-4-5-11-10(12)9-6-8(2)13-7-9/h1,6-7H,4-5H2,2H3,(H,11,12). The molecular weight excluding hydrogens is 182 g/mol. The lowest BCUT2D eigenvalue weighted by Gasteiger charge is -1.98. The van der Waals surface area contributed by atoms with Crippen molar-refractivity contribution < 1.29 is 4.79 Å². The Hall–Kier alpha value is -1.27. The summed E-state index contributed by atoms with van der Waals surface area (Å²) < 4.78 is 0. The molecule has 1 aromatic heterocycles. The molecule has 0 radical (unpaired) electrons. The lowest BCUT2D eigenvalue weighted by molar-refractivity contribution is 0.0955. The van der Waals surface area contributed by atoms with Gasteiger partial charge in [0.25, 0.3) is 5.91 Å². The maximum absolute atomic E-state index is 11.4. The smallest absolute Gasteiger partial charge is 0.252 e. The average Bonchev–Trinajstić information content (AvgIpc) is 2.52. The predicted octanol–water partition coefficient (Wildman–Crippen LogP) is 1.81. The van der Waals surface area contributed by atoms with E-state index < -0.39 is 0 Å². The first-order valence-electron chi connectivity index (χ1n) is 4.01. The maximum atomic E-state index is 11.4. The molecule has 0 aliphatic carbocycles. The minimum Gasteiger partial charge on any atom is -0.351 e. The Morgan fingerprint density at radius 1 is 1.77 bits per heavy atom. The van der Waals surface area contributed by atoms with E-state index in [1.54, 1.807) is 11.3 Å². The molecule has 0 fully saturated rings. The second-order valence-corrected chi connectivity index (χ2v) is 3.77. The molecule has 0 atom stereocenters. The molecule has 0 bridgehead atoms. The molecule has 1 aromatic rings. The number of aryl methyl sites for hydroxylation is 1. The monoisotopic (exact) mass is 193 g/mol. The first-order valence-corrected chi connectivity index (χ1v) is 4.89. The minimum atomic E-state index is -0.0420. The Labute approximate surface area is 82.0 Å². The number of thiophene rings is 1. The lowest BCUT2D eigenvalue weighted by atomic mass is 10.3. The van der Waals surface area contributed by atoms with Crippen molar-refractivity contribution in [3.8, 4) is 12.3 Å². The van der Waals surface area contributed by atoms with Crippen LogP contribution < -0.4 is 5.32 Å². The SMILES string of the molecule is C#CCCNC(=O)c1csc(C)c1. The number of amides is 1. The number of hydrogen-bond acceptors (Lipinski definition) is 2. The zero-order valence-corrected chi connectivity index (χ0v) is 8.28. The van der Waals surface area contributed by atoms with Crippen LogP contribution in [0.1, 0.15) is 21.7 Å². The molecule has 1 heterocycles. The van der Waals surface area contributed by atoms with Crippen molar-refractivity contribution in [3.63, 3.8) is 0 Å². The fourth-order valence-electron chi connectivity index (χ4n) is 0.913. The van der Waals surface area contributed by atoms with Crippen LogP contribution in [0, 0.1) is 19.3 Å². The summed E-state index contributed by atoms with van der Waals surface area (Å²) in [6.45, 7) is 2.52. The molecule has 1 N–H and O–H groups in total. The van der Waals surface area contributed by atoms with Gasteiger partial charge in [-0.05, 0) is 13.0 Å². The highest BCUT2D eigenvalue weighted by atomic mass is 32.1. The summed E-state index contributed by atoms with van der Waals surface area (Å²) in [6, 6.07) is 1.87. The van der Waals surface area contributed by atoms with E-state index >= 15 is 0 Å². The van der Waals surface area contributed by atoms with Crippen LogP contribution in [0.4, 0.5) is 0 Å². The summed E-state index contributed by atoms with van der Waals surface area (Å²) in [5.74, 6) is 2.43. The van der Waals surface area contributed by atoms with Gasteiger partial charge >= 0.3 is 0 Å². The van der Waals surface area contributed by atoms with E-state index in [-0.39, 0.29) is 5.91 Å². The van der Waals surface area contributed by atoms with Gasteiger partial charge in [0.05, 0.1) is 5.56 Å². The Morgan fingerprint density at radius 2 is 2.54 bits per heavy atom. The molecule has 13 heavy (non-hydrogen) atoms. The molecule has 3 heteroatoms. The molecule has 1 amide bonds. The van der Waals surface area contributed by atoms with Crippen LogP contribution in [-0.2, 0) is 0 Å². The molecule has 0 saturated heterocycles. The number of carbonyl (C=O) groups is 1. The molecule has 0 aliphatic heterocycles. The van der Waals surface area contributed by atoms with Gasteiger partial charge in [0.1, 0.15) is 0 Å². The van der Waals surface area contributed by atoms with E-state index in [0.29, 0.717) is 13.0 Å². The van der Waals surface area contributed by atoms with Crippen LogP contribution in [0.3, 0.4) is 0 Å². The van der Waals surface area contributed by atoms with Gasteiger partial charge in [0.2, 0.25) is 0 Å². The second-order valence-electron chi connectivity index (χ2n) is 2.66. The van der Waals surface area contributed by atoms with Crippen molar-refractivity contribution >= 4 is 17.2 Å². The maximum Gasteiger partial charge on any atom is 0.252 e. The highest BCUT2D eigenvalue weighted by Gasteiger charge is 2.05. The Bertz CT molecular complexity index is 335. The summed E-state index contributed by atoms with van der Waals surface area (Å²) in [6.07, 6.45) is 5.64. The Balaban J connectivity index is 2.45. The quantitative estimate of drug-likeness (QED) is 0.575. The van der Waals surface area contributed by atoms with Gasteiger partial charge in [-0.1, -0.05) is 0 Å². The Morgan fingerprint density at radius 3 is 3.08 bits per heavy atom. The van der Waals surface area contributed by atoms with Crippen molar-refractivity contribution in [2.24, 2.45) is 0 Å². The second kappa shape index (κ2) is 4.68. The molecule has 0 spiro atoms. The van der Waals surface area contributed by atoms with E-state index in [1.807, 2.05) is 18.4 Å². The molecule has 2 nitrogen and oxygen atoms in total. The van der Waals surface area contributed by atoms with Crippen LogP contribution in [0.5, 0.6) is 0 Å². The molecule has 0 aromatic carbocycles. The number of terminal acetylenes is 1. The van der Waals surface area contributed by atoms with Crippen molar-refractivity contribution in [2.45, 2.75) is 13.3 Å². The van der Waals surface area contributed by atoms with Crippen molar-refractivity contribution in [2.75, 3.05) is 6.54 Å². The summed E-state index contributed by atoms with van der Waals surface area (Å²) in [7, 11) is 0. The molecule has 0 unspecified atom stereocenters. The molecule has 68 valence electrons. The van der Waals surface area contributed by atoms with Crippen molar-refractivity contribution in [3.05, 3.63) is 21.9 Å². The minimum absolute atomic E-state index is 0.0420. The summed E-state index contributed by atoms with van der Waals surface area (Å²) in [5.41, 5.74) is 0.722. The normalized spacial score (nSPS) is 9.23. The number of nitrogens with one attached hydrogen (secondary N) is 1. The number of carbonyl (C=O) groups excluding carboxylic acids is 1. The largest absolute Gasteiger partial charge is 0.351 e. The van der Waals surface area contributed by atoms with Gasteiger partial charge in [0, 0.05) is 23.2 Å². The summed E-state index contributed by atoms with van der Waals surface area (Å²) in [5, 5.41) is 4.59. The first-order chi connectivity index (χ1) is 6.24. The zero-order chi connectivity index (χ0) is 9.68. The predicted molar refractivity (Wildman–Crippen MR) is 54.8 cm³/mol. The van der Waals surface area contributed by atoms with Crippen LogP contribution in [0.15, 0.2) is 11.4 Å². The highest BCUT2D eigenvalue weighted by Crippen LogP contribution is 2.12. The van der Waals surface area contributed by atoms with E-state index in [1.165, 1.54) is 0 Å². The summed E-state index contributed by atoms with van der Waals surface area (Å²) in [4.78, 5) is 12.5. The molecular formula is C10H11NOS. The first kappa shape index (κ1) is 9.82. The third-order valence-electron chi connectivity index (χ3n) is 1.55. The zero-order valence-electron chi connectivity index (χ0n) is 7.46. The van der Waals surface area contributed by atoms with E-state index in [2.05, 4.69) is 11.2 Å². The van der Waals surface area contributed by atoms with Crippen molar-refractivity contribution in [1.29, 1.82) is 0 Å². The van der Waals surface area contributed by atoms with Gasteiger partial charge in [-0.25, -0.2) is 0 Å². The lowest BCUT2D eigenvalue weighted by Crippen LogP contribution is -2.23. The summed E-state index contributed by atoms with van der Waals surface area (Å²) >= 11 is 1.57. The van der Waals surface area contributed by atoms with Gasteiger partial charge < -0.3 is 5.32 Å². The molecule has 0 aliphatic rings. The Kier molecular flexibility index (Phi) is 3.53. The fourth-order valence-corrected chi connectivity index (χ4v) is 1.60. The van der Waals surface area contributed by atoms with E-state index in [4.69, 9.17) is 6.42 Å². The molecule has 0 saturated carbocycles. The van der Waals surface area contributed by atoms with Crippen LogP contribution >= 0.6 is 11.3 Å². The van der Waals surface area contributed by atoms with Crippen molar-refractivity contribution in [1.82, 2.24) is 5.32 Å². The number of rotatable bonds is 3. The topological polar surface area (TPSA) is 29.1 Å². The van der Waals surface area contributed by atoms with Gasteiger partial charge in [-0.15, -0.1) is 23.7 Å². The highest BCUT2D eigenvalue weighted by molar-refractivity contribution is 7.10.